The van der Waals surface area contributed by atoms with Gasteiger partial charge in [-0.3, -0.25) is 9.78 Å². The van der Waals surface area contributed by atoms with E-state index in [2.05, 4.69) is 16.8 Å². The number of benzene rings is 2. The van der Waals surface area contributed by atoms with Gasteiger partial charge in [0.2, 0.25) is 6.79 Å². The SMILES string of the molecule is Cc1ccc(C(=O)c2cnc3cc4c(cc3c2N2CCCC2)OCO4)cc1C. The largest absolute Gasteiger partial charge is 0.454 e. The van der Waals surface area contributed by atoms with E-state index in [-0.39, 0.29) is 12.6 Å². The number of ketones is 1. The Morgan fingerprint density at radius 3 is 2.50 bits per heavy atom. The van der Waals surface area contributed by atoms with Gasteiger partial charge >= 0.3 is 0 Å². The predicted molar refractivity (Wildman–Crippen MR) is 109 cm³/mol. The normalized spacial score (nSPS) is 15.4. The van der Waals surface area contributed by atoms with E-state index in [1.807, 2.05) is 37.3 Å². The number of fused-ring (bicyclic) bond motifs is 2. The molecule has 3 heterocycles. The average Bonchev–Trinajstić information content (AvgIpc) is 3.38. The summed E-state index contributed by atoms with van der Waals surface area (Å²) in [5.74, 6) is 1.43. The van der Waals surface area contributed by atoms with Crippen LogP contribution < -0.4 is 14.4 Å². The Balaban J connectivity index is 1.71. The fraction of sp³-hybridized carbons (Fsp3) is 0.304. The van der Waals surface area contributed by atoms with Crippen molar-refractivity contribution in [3.05, 3.63) is 58.8 Å². The van der Waals surface area contributed by atoms with Gasteiger partial charge in [-0.25, -0.2) is 0 Å². The first-order valence-corrected chi connectivity index (χ1v) is 9.71. The number of aryl methyl sites for hydroxylation is 2. The highest BCUT2D eigenvalue weighted by Crippen LogP contribution is 2.41. The van der Waals surface area contributed by atoms with Crippen LogP contribution in [0.4, 0.5) is 5.69 Å². The lowest BCUT2D eigenvalue weighted by atomic mass is 9.97. The number of carbonyl (C=O) groups excluding carboxylic acids is 1. The van der Waals surface area contributed by atoms with Crippen LogP contribution in [0.3, 0.4) is 0 Å². The van der Waals surface area contributed by atoms with E-state index in [1.54, 1.807) is 6.20 Å². The summed E-state index contributed by atoms with van der Waals surface area (Å²) < 4.78 is 11.1. The second-order valence-corrected chi connectivity index (χ2v) is 7.57. The van der Waals surface area contributed by atoms with Crippen molar-refractivity contribution in [1.82, 2.24) is 4.98 Å². The molecular weight excluding hydrogens is 352 g/mol. The van der Waals surface area contributed by atoms with Crippen LogP contribution in [-0.2, 0) is 0 Å². The van der Waals surface area contributed by atoms with E-state index in [1.165, 1.54) is 5.56 Å². The van der Waals surface area contributed by atoms with Crippen LogP contribution in [-0.4, -0.2) is 30.6 Å². The first-order valence-electron chi connectivity index (χ1n) is 9.71. The fourth-order valence-electron chi connectivity index (χ4n) is 4.05. The van der Waals surface area contributed by atoms with E-state index < -0.39 is 0 Å². The third-order valence-corrected chi connectivity index (χ3v) is 5.77. The topological polar surface area (TPSA) is 51.7 Å². The van der Waals surface area contributed by atoms with Crippen molar-refractivity contribution in [2.24, 2.45) is 0 Å². The molecule has 0 atom stereocenters. The van der Waals surface area contributed by atoms with Crippen molar-refractivity contribution in [3.8, 4) is 11.5 Å². The molecule has 0 aliphatic carbocycles. The first-order chi connectivity index (χ1) is 13.6. The zero-order valence-corrected chi connectivity index (χ0v) is 16.1. The molecule has 28 heavy (non-hydrogen) atoms. The lowest BCUT2D eigenvalue weighted by Gasteiger charge is -2.23. The summed E-state index contributed by atoms with van der Waals surface area (Å²) in [7, 11) is 0. The van der Waals surface area contributed by atoms with E-state index in [4.69, 9.17) is 9.47 Å². The van der Waals surface area contributed by atoms with Crippen molar-refractivity contribution in [2.75, 3.05) is 24.8 Å². The minimum absolute atomic E-state index is 0.0112. The molecule has 2 aliphatic heterocycles. The second-order valence-electron chi connectivity index (χ2n) is 7.57. The number of nitrogens with zero attached hydrogens (tertiary/aromatic N) is 2. The molecular formula is C23H22N2O3. The maximum atomic E-state index is 13.4. The molecule has 3 aromatic rings. The van der Waals surface area contributed by atoms with Gasteiger partial charge in [0.25, 0.3) is 0 Å². The van der Waals surface area contributed by atoms with E-state index in [0.717, 1.165) is 48.1 Å². The molecule has 2 aliphatic rings. The number of hydrogen-bond acceptors (Lipinski definition) is 5. The molecule has 5 rings (SSSR count). The summed E-state index contributed by atoms with van der Waals surface area (Å²) >= 11 is 0. The van der Waals surface area contributed by atoms with E-state index >= 15 is 0 Å². The van der Waals surface area contributed by atoms with Crippen LogP contribution in [0.1, 0.15) is 39.9 Å². The van der Waals surface area contributed by atoms with Crippen LogP contribution in [0.15, 0.2) is 36.5 Å². The second kappa shape index (κ2) is 6.51. The number of ether oxygens (including phenoxy) is 2. The Hall–Kier alpha value is -3.08. The molecule has 0 radical (unpaired) electrons. The number of pyridine rings is 1. The zero-order valence-electron chi connectivity index (χ0n) is 16.1. The highest BCUT2D eigenvalue weighted by molar-refractivity contribution is 6.16. The molecule has 0 N–H and O–H groups in total. The summed E-state index contributed by atoms with van der Waals surface area (Å²) in [6, 6.07) is 9.75. The molecule has 0 unspecified atom stereocenters. The maximum Gasteiger partial charge on any atom is 0.231 e. The summed E-state index contributed by atoms with van der Waals surface area (Å²) in [6.45, 7) is 6.20. The Labute approximate surface area is 163 Å². The fourth-order valence-corrected chi connectivity index (χ4v) is 4.05. The lowest BCUT2D eigenvalue weighted by Crippen LogP contribution is -2.21. The van der Waals surface area contributed by atoms with Crippen molar-refractivity contribution >= 4 is 22.4 Å². The van der Waals surface area contributed by atoms with Gasteiger partial charge in [-0.15, -0.1) is 0 Å². The van der Waals surface area contributed by atoms with Gasteiger partial charge in [-0.2, -0.15) is 0 Å². The molecule has 5 heteroatoms. The van der Waals surface area contributed by atoms with Gasteiger partial charge in [0, 0.05) is 36.3 Å². The number of anilines is 1. The van der Waals surface area contributed by atoms with Crippen LogP contribution >= 0.6 is 0 Å². The minimum Gasteiger partial charge on any atom is -0.454 e. The highest BCUT2D eigenvalue weighted by Gasteiger charge is 2.26. The maximum absolute atomic E-state index is 13.4. The summed E-state index contributed by atoms with van der Waals surface area (Å²) in [4.78, 5) is 20.3. The zero-order chi connectivity index (χ0) is 19.3. The number of rotatable bonds is 3. The van der Waals surface area contributed by atoms with Gasteiger partial charge in [-0.1, -0.05) is 12.1 Å². The number of hydrogen-bond donors (Lipinski definition) is 0. The van der Waals surface area contributed by atoms with Crippen LogP contribution in [0.2, 0.25) is 0 Å². The molecule has 142 valence electrons. The minimum atomic E-state index is 0.0112. The summed E-state index contributed by atoms with van der Waals surface area (Å²) in [6.07, 6.45) is 3.98. The van der Waals surface area contributed by atoms with Gasteiger partial charge in [0.15, 0.2) is 17.3 Å². The average molecular weight is 374 g/mol. The molecule has 5 nitrogen and oxygen atoms in total. The van der Waals surface area contributed by atoms with E-state index in [9.17, 15) is 4.79 Å². The standard InChI is InChI=1S/C23H22N2O3/c1-14-5-6-16(9-15(14)2)23(26)18-12-24-19-11-21-20(27-13-28-21)10-17(19)22(18)25-7-3-4-8-25/h5-6,9-12H,3-4,7-8,13H2,1-2H3. The van der Waals surface area contributed by atoms with Crippen molar-refractivity contribution in [3.63, 3.8) is 0 Å². The molecule has 0 spiro atoms. The lowest BCUT2D eigenvalue weighted by molar-refractivity contribution is 0.103. The monoisotopic (exact) mass is 374 g/mol. The van der Waals surface area contributed by atoms with Crippen molar-refractivity contribution < 1.29 is 14.3 Å². The molecule has 0 bridgehead atoms. The Kier molecular flexibility index (Phi) is 3.97. The molecule has 1 aromatic heterocycles. The Morgan fingerprint density at radius 1 is 1.00 bits per heavy atom. The van der Waals surface area contributed by atoms with Crippen LogP contribution in [0, 0.1) is 13.8 Å². The van der Waals surface area contributed by atoms with Crippen molar-refractivity contribution in [1.29, 1.82) is 0 Å². The smallest absolute Gasteiger partial charge is 0.231 e. The summed E-state index contributed by atoms with van der Waals surface area (Å²) in [5, 5.41) is 0.945. The van der Waals surface area contributed by atoms with Crippen molar-refractivity contribution in [2.45, 2.75) is 26.7 Å². The predicted octanol–water partition coefficient (Wildman–Crippen LogP) is 4.41. The Morgan fingerprint density at radius 2 is 1.75 bits per heavy atom. The number of carbonyl (C=O) groups is 1. The van der Waals surface area contributed by atoms with E-state index in [0.29, 0.717) is 22.6 Å². The van der Waals surface area contributed by atoms with Gasteiger partial charge in [0.05, 0.1) is 16.8 Å². The van der Waals surface area contributed by atoms with Crippen LogP contribution in [0.25, 0.3) is 10.9 Å². The first kappa shape index (κ1) is 17.0. The summed E-state index contributed by atoms with van der Waals surface area (Å²) in [5.41, 5.74) is 5.43. The van der Waals surface area contributed by atoms with Gasteiger partial charge < -0.3 is 14.4 Å². The highest BCUT2D eigenvalue weighted by atomic mass is 16.7. The van der Waals surface area contributed by atoms with Gasteiger partial charge in [-0.05, 0) is 49.9 Å². The molecule has 2 aromatic carbocycles. The molecule has 0 amide bonds. The number of aromatic nitrogens is 1. The third kappa shape index (κ3) is 2.70. The quantitative estimate of drug-likeness (QED) is 0.636. The van der Waals surface area contributed by atoms with Gasteiger partial charge in [0.1, 0.15) is 0 Å². The Bertz CT molecular complexity index is 1100. The molecule has 0 saturated carbocycles. The third-order valence-electron chi connectivity index (χ3n) is 5.77. The molecule has 1 saturated heterocycles. The molecule has 1 fully saturated rings. The van der Waals surface area contributed by atoms with Crippen LogP contribution in [0.5, 0.6) is 11.5 Å².